The van der Waals surface area contributed by atoms with E-state index in [9.17, 15) is 9.18 Å². The molecule has 1 fully saturated rings. The summed E-state index contributed by atoms with van der Waals surface area (Å²) in [5, 5.41) is 0.264. The van der Waals surface area contributed by atoms with Crippen molar-refractivity contribution in [3.05, 3.63) is 112 Å². The second kappa shape index (κ2) is 12.1. The number of fused-ring (bicyclic) bond motifs is 1. The molecule has 1 atom stereocenters. The Balaban J connectivity index is 1.27. The van der Waals surface area contributed by atoms with Crippen molar-refractivity contribution in [3.8, 4) is 17.1 Å². The van der Waals surface area contributed by atoms with Crippen LogP contribution in [0.25, 0.3) is 22.3 Å². The molecule has 1 aliphatic heterocycles. The summed E-state index contributed by atoms with van der Waals surface area (Å²) >= 11 is 5.80. The summed E-state index contributed by atoms with van der Waals surface area (Å²) in [5.74, 6) is -1.70. The number of carbonyl (C=O) groups excluding carboxylic acids is 1. The van der Waals surface area contributed by atoms with E-state index in [2.05, 4.69) is 9.97 Å². The van der Waals surface area contributed by atoms with Gasteiger partial charge < -0.3 is 18.8 Å². The first-order chi connectivity index (χ1) is 20.8. The number of hydrogen-bond donors (Lipinski definition) is 0. The number of imidazole rings is 1. The first kappa shape index (κ1) is 28.7. The van der Waals surface area contributed by atoms with Gasteiger partial charge in [-0.2, -0.15) is 0 Å². The van der Waals surface area contributed by atoms with Gasteiger partial charge in [0.15, 0.2) is 0 Å². The molecule has 5 aromatic rings. The number of ether oxygens (including phenoxy) is 3. The molecule has 0 bridgehead atoms. The van der Waals surface area contributed by atoms with Gasteiger partial charge in [-0.15, -0.1) is 0 Å². The lowest BCUT2D eigenvalue weighted by molar-refractivity contribution is -0.0589. The fourth-order valence-electron chi connectivity index (χ4n) is 4.91. The number of pyridine rings is 1. The molecule has 0 unspecified atom stereocenters. The third-order valence-corrected chi connectivity index (χ3v) is 7.54. The molecule has 7 nitrogen and oxygen atoms in total. The monoisotopic (exact) mass is 607 g/mol. The maximum Gasteiger partial charge on any atom is 0.337 e. The molecule has 1 saturated heterocycles. The molecule has 0 spiro atoms. The fraction of sp³-hybridized carbons (Fsp3) is 0.219. The van der Waals surface area contributed by atoms with E-state index in [1.807, 2.05) is 4.57 Å². The summed E-state index contributed by atoms with van der Waals surface area (Å²) in [4.78, 5) is 21.1. The lowest BCUT2D eigenvalue weighted by Crippen LogP contribution is -2.31. The van der Waals surface area contributed by atoms with Crippen molar-refractivity contribution in [2.24, 2.45) is 0 Å². The molecule has 0 radical (unpaired) electrons. The van der Waals surface area contributed by atoms with Crippen molar-refractivity contribution in [3.63, 3.8) is 0 Å². The third kappa shape index (κ3) is 6.07. The Morgan fingerprint density at radius 2 is 1.81 bits per heavy atom. The van der Waals surface area contributed by atoms with Crippen LogP contribution in [0.1, 0.15) is 33.7 Å². The Kier molecular flexibility index (Phi) is 8.05. The number of nitrogens with zero attached hydrogens (tertiary/aromatic N) is 3. The van der Waals surface area contributed by atoms with Crippen LogP contribution in [0.4, 0.5) is 13.2 Å². The van der Waals surface area contributed by atoms with Crippen molar-refractivity contribution in [2.45, 2.75) is 32.1 Å². The van der Waals surface area contributed by atoms with Gasteiger partial charge in [0.25, 0.3) is 0 Å². The van der Waals surface area contributed by atoms with Crippen LogP contribution in [-0.4, -0.2) is 40.3 Å². The Bertz CT molecular complexity index is 1840. The van der Waals surface area contributed by atoms with E-state index in [-0.39, 0.29) is 52.4 Å². The highest BCUT2D eigenvalue weighted by Gasteiger charge is 2.24. The normalized spacial score (nSPS) is 14.5. The lowest BCUT2D eigenvalue weighted by atomic mass is 10.0. The van der Waals surface area contributed by atoms with E-state index in [1.165, 1.54) is 25.3 Å². The predicted octanol–water partition coefficient (Wildman–Crippen LogP) is 6.91. The van der Waals surface area contributed by atoms with Crippen LogP contribution >= 0.6 is 11.6 Å². The Labute approximate surface area is 249 Å². The molecule has 220 valence electrons. The van der Waals surface area contributed by atoms with Crippen LogP contribution in [0.2, 0.25) is 5.02 Å². The van der Waals surface area contributed by atoms with E-state index >= 15 is 8.78 Å². The van der Waals surface area contributed by atoms with Gasteiger partial charge in [0.05, 0.1) is 42.0 Å². The number of hydrogen-bond acceptors (Lipinski definition) is 6. The minimum Gasteiger partial charge on any atom is -0.473 e. The molecule has 6 rings (SSSR count). The highest BCUT2D eigenvalue weighted by Crippen LogP contribution is 2.29. The Morgan fingerprint density at radius 3 is 2.56 bits per heavy atom. The van der Waals surface area contributed by atoms with Gasteiger partial charge in [-0.3, -0.25) is 0 Å². The third-order valence-electron chi connectivity index (χ3n) is 7.30. The van der Waals surface area contributed by atoms with Gasteiger partial charge in [-0.05, 0) is 60.5 Å². The highest BCUT2D eigenvalue weighted by molar-refractivity contribution is 6.30. The number of carbonyl (C=O) groups is 1. The van der Waals surface area contributed by atoms with Gasteiger partial charge in [-0.1, -0.05) is 23.7 Å². The zero-order valence-corrected chi connectivity index (χ0v) is 23.7. The summed E-state index contributed by atoms with van der Waals surface area (Å²) in [6.07, 6.45) is 0.817. The summed E-state index contributed by atoms with van der Waals surface area (Å²) in [7, 11) is 1.31. The molecule has 0 amide bonds. The number of halogens is 4. The molecule has 3 aromatic carbocycles. The molecule has 11 heteroatoms. The standard InChI is InChI=1S/C32H25ClF3N3O4/c1-41-32(40)18-6-8-28-29(12-18)39(16-22-9-10-42-22)30(37-28)13-20-11-26(36)23(15-25(20)35)27-3-2-4-31(38-27)43-17-19-5-7-21(33)14-24(19)34/h2-8,11-12,14-15,22H,9-10,13,16-17H2,1H3/t22-/m0/s1. The smallest absolute Gasteiger partial charge is 0.337 e. The maximum atomic E-state index is 15.5. The summed E-state index contributed by atoms with van der Waals surface area (Å²) < 4.78 is 63.0. The number of methoxy groups -OCH3 is 1. The van der Waals surface area contributed by atoms with Crippen LogP contribution in [0.15, 0.2) is 66.7 Å². The largest absolute Gasteiger partial charge is 0.473 e. The van der Waals surface area contributed by atoms with Crippen LogP contribution in [0.5, 0.6) is 5.88 Å². The Morgan fingerprint density at radius 1 is 1.00 bits per heavy atom. The molecular formula is C32H25ClF3N3O4. The second-order valence-electron chi connectivity index (χ2n) is 10.1. The summed E-state index contributed by atoms with van der Waals surface area (Å²) in [5.41, 5.74) is 2.12. The zero-order valence-electron chi connectivity index (χ0n) is 23.0. The minimum absolute atomic E-state index is 0.00122. The van der Waals surface area contributed by atoms with Crippen molar-refractivity contribution >= 4 is 28.6 Å². The fourth-order valence-corrected chi connectivity index (χ4v) is 5.07. The molecule has 0 N–H and O–H groups in total. The molecule has 3 heterocycles. The topological polar surface area (TPSA) is 75.5 Å². The van der Waals surface area contributed by atoms with Crippen LogP contribution in [-0.2, 0) is 29.0 Å². The minimum atomic E-state index is -0.678. The van der Waals surface area contributed by atoms with E-state index in [4.69, 9.17) is 25.8 Å². The zero-order chi connectivity index (χ0) is 30.1. The maximum absolute atomic E-state index is 15.5. The van der Waals surface area contributed by atoms with Gasteiger partial charge in [0.2, 0.25) is 5.88 Å². The molecule has 0 saturated carbocycles. The number of aromatic nitrogens is 3. The van der Waals surface area contributed by atoms with Crippen molar-refractivity contribution in [1.82, 2.24) is 14.5 Å². The average molecular weight is 608 g/mol. The van der Waals surface area contributed by atoms with E-state index in [0.29, 0.717) is 35.6 Å². The SMILES string of the molecule is COC(=O)c1ccc2nc(Cc3cc(F)c(-c4cccc(OCc5ccc(Cl)cc5F)n4)cc3F)n(C[C@@H]3CCO3)c2c1. The second-order valence-corrected chi connectivity index (χ2v) is 10.5. The van der Waals surface area contributed by atoms with E-state index in [1.54, 1.807) is 36.4 Å². The molecule has 2 aromatic heterocycles. The highest BCUT2D eigenvalue weighted by atomic mass is 35.5. The van der Waals surface area contributed by atoms with Crippen LogP contribution in [0, 0.1) is 17.5 Å². The van der Waals surface area contributed by atoms with Crippen molar-refractivity contribution < 1.29 is 32.2 Å². The first-order valence-corrected chi connectivity index (χ1v) is 13.9. The van der Waals surface area contributed by atoms with Crippen molar-refractivity contribution in [1.29, 1.82) is 0 Å². The van der Waals surface area contributed by atoms with Crippen LogP contribution < -0.4 is 4.74 Å². The van der Waals surface area contributed by atoms with Crippen LogP contribution in [0.3, 0.4) is 0 Å². The summed E-state index contributed by atoms with van der Waals surface area (Å²) in [6.45, 7) is 0.984. The van der Waals surface area contributed by atoms with E-state index in [0.717, 1.165) is 18.6 Å². The molecule has 43 heavy (non-hydrogen) atoms. The Hall–Kier alpha value is -4.41. The van der Waals surface area contributed by atoms with Gasteiger partial charge in [0, 0.05) is 35.2 Å². The van der Waals surface area contributed by atoms with E-state index < -0.39 is 23.4 Å². The molecular weight excluding hydrogens is 583 g/mol. The van der Waals surface area contributed by atoms with Gasteiger partial charge >= 0.3 is 5.97 Å². The van der Waals surface area contributed by atoms with Gasteiger partial charge in [0.1, 0.15) is 29.9 Å². The predicted molar refractivity (Wildman–Crippen MR) is 154 cm³/mol. The summed E-state index contributed by atoms with van der Waals surface area (Å²) in [6, 6.07) is 16.1. The molecule has 0 aliphatic carbocycles. The number of benzene rings is 3. The molecule has 1 aliphatic rings. The lowest BCUT2D eigenvalue weighted by Gasteiger charge is -2.27. The number of rotatable bonds is 9. The van der Waals surface area contributed by atoms with Crippen molar-refractivity contribution in [2.75, 3.05) is 13.7 Å². The number of esters is 1. The van der Waals surface area contributed by atoms with Gasteiger partial charge in [-0.25, -0.2) is 27.9 Å². The quantitative estimate of drug-likeness (QED) is 0.169. The average Bonchev–Trinajstić information content (AvgIpc) is 3.31. The first-order valence-electron chi connectivity index (χ1n) is 13.5.